The van der Waals surface area contributed by atoms with Crippen molar-refractivity contribution < 1.29 is 8.42 Å². The van der Waals surface area contributed by atoms with E-state index in [2.05, 4.69) is 4.72 Å². The molecule has 1 N–H and O–H groups in total. The zero-order chi connectivity index (χ0) is 13.6. The monoisotopic (exact) mass is 315 g/mol. The lowest BCUT2D eigenvalue weighted by atomic mass is 9.91. The fraction of sp³-hybridized carbons (Fsp3) is 1.00. The van der Waals surface area contributed by atoms with Crippen LogP contribution in [0.4, 0.5) is 0 Å². The van der Waals surface area contributed by atoms with Crippen LogP contribution in [0.3, 0.4) is 0 Å². The van der Waals surface area contributed by atoms with Gasteiger partial charge in [-0.15, -0.1) is 23.2 Å². The van der Waals surface area contributed by atoms with Gasteiger partial charge in [-0.25, -0.2) is 13.1 Å². The molecule has 0 radical (unpaired) electrons. The third-order valence-corrected chi connectivity index (χ3v) is 6.42. The number of nitrogens with one attached hydrogen (secondary N) is 1. The fourth-order valence-electron chi connectivity index (χ4n) is 2.39. The first kappa shape index (κ1) is 16.5. The molecule has 1 rings (SSSR count). The molecule has 108 valence electrons. The van der Waals surface area contributed by atoms with E-state index in [9.17, 15) is 8.42 Å². The van der Waals surface area contributed by atoms with Crippen LogP contribution in [0, 0.1) is 5.92 Å². The number of alkyl halides is 2. The molecule has 0 heterocycles. The molecule has 6 heteroatoms. The highest BCUT2D eigenvalue weighted by Gasteiger charge is 2.32. The molecule has 0 aromatic carbocycles. The number of sulfonamides is 1. The van der Waals surface area contributed by atoms with Gasteiger partial charge in [-0.2, -0.15) is 0 Å². The van der Waals surface area contributed by atoms with Gasteiger partial charge in [0.15, 0.2) is 0 Å². The minimum atomic E-state index is -3.29. The third-order valence-electron chi connectivity index (χ3n) is 3.74. The second-order valence-electron chi connectivity index (χ2n) is 5.29. The predicted molar refractivity (Wildman–Crippen MR) is 78.0 cm³/mol. The number of rotatable bonds is 7. The number of halogens is 2. The molecule has 1 fully saturated rings. The van der Waals surface area contributed by atoms with Crippen molar-refractivity contribution in [1.82, 2.24) is 4.72 Å². The van der Waals surface area contributed by atoms with Crippen molar-refractivity contribution in [2.24, 2.45) is 5.92 Å². The van der Waals surface area contributed by atoms with Gasteiger partial charge in [-0.05, 0) is 25.2 Å². The normalized spacial score (nSPS) is 19.1. The van der Waals surface area contributed by atoms with Crippen LogP contribution in [0.2, 0.25) is 0 Å². The first-order valence-corrected chi connectivity index (χ1v) is 9.32. The van der Waals surface area contributed by atoms with Gasteiger partial charge >= 0.3 is 0 Å². The van der Waals surface area contributed by atoms with Crippen molar-refractivity contribution in [3.63, 3.8) is 0 Å². The van der Waals surface area contributed by atoms with Crippen LogP contribution in [0.25, 0.3) is 0 Å². The van der Waals surface area contributed by atoms with Gasteiger partial charge in [0.05, 0.1) is 11.3 Å². The SMILES string of the molecule is CCC(CCl)(CCl)NS(=O)(=O)CC1CCCCC1. The highest BCUT2D eigenvalue weighted by atomic mass is 35.5. The number of hydrogen-bond acceptors (Lipinski definition) is 2. The summed E-state index contributed by atoms with van der Waals surface area (Å²) >= 11 is 11.7. The van der Waals surface area contributed by atoms with Gasteiger partial charge in [0.1, 0.15) is 0 Å². The Hall–Kier alpha value is 0.490. The summed E-state index contributed by atoms with van der Waals surface area (Å²) in [6.07, 6.45) is 6.15. The maximum Gasteiger partial charge on any atom is 0.212 e. The molecule has 0 spiro atoms. The summed E-state index contributed by atoms with van der Waals surface area (Å²) < 4.78 is 27.0. The molecule has 0 unspecified atom stereocenters. The van der Waals surface area contributed by atoms with Crippen molar-refractivity contribution in [3.8, 4) is 0 Å². The molecule has 0 aliphatic heterocycles. The van der Waals surface area contributed by atoms with E-state index in [-0.39, 0.29) is 23.4 Å². The van der Waals surface area contributed by atoms with Crippen molar-refractivity contribution in [2.75, 3.05) is 17.5 Å². The molecule has 0 atom stereocenters. The van der Waals surface area contributed by atoms with E-state index in [0.717, 1.165) is 25.7 Å². The highest BCUT2D eigenvalue weighted by Crippen LogP contribution is 2.25. The molecule has 0 amide bonds. The smallest absolute Gasteiger partial charge is 0.212 e. The minimum Gasteiger partial charge on any atom is -0.212 e. The Labute approximate surface area is 121 Å². The second kappa shape index (κ2) is 7.32. The van der Waals surface area contributed by atoms with Crippen LogP contribution >= 0.6 is 23.2 Å². The molecule has 0 bridgehead atoms. The Morgan fingerprint density at radius 2 is 1.72 bits per heavy atom. The summed E-state index contributed by atoms with van der Waals surface area (Å²) in [5.41, 5.74) is -0.698. The molecule has 0 saturated heterocycles. The lowest BCUT2D eigenvalue weighted by Gasteiger charge is -2.30. The largest absolute Gasteiger partial charge is 0.212 e. The van der Waals surface area contributed by atoms with Gasteiger partial charge in [0.2, 0.25) is 10.0 Å². The summed E-state index contributed by atoms with van der Waals surface area (Å²) in [5, 5.41) is 0. The molecule has 18 heavy (non-hydrogen) atoms. The molecule has 1 aliphatic carbocycles. The predicted octanol–water partition coefficient (Wildman–Crippen LogP) is 3.11. The van der Waals surface area contributed by atoms with Gasteiger partial charge in [0, 0.05) is 11.8 Å². The van der Waals surface area contributed by atoms with Gasteiger partial charge in [-0.3, -0.25) is 0 Å². The van der Waals surface area contributed by atoms with Crippen LogP contribution in [-0.4, -0.2) is 31.5 Å². The molecular weight excluding hydrogens is 293 g/mol. The zero-order valence-electron chi connectivity index (χ0n) is 10.9. The second-order valence-corrected chi connectivity index (χ2v) is 7.59. The third kappa shape index (κ3) is 4.87. The van der Waals surface area contributed by atoms with Crippen LogP contribution in [-0.2, 0) is 10.0 Å². The summed E-state index contributed by atoms with van der Waals surface area (Å²) in [4.78, 5) is 0. The molecular formula is C12H23Cl2NO2S. The Kier molecular flexibility index (Phi) is 6.73. The number of hydrogen-bond donors (Lipinski definition) is 1. The van der Waals surface area contributed by atoms with Crippen LogP contribution in [0.5, 0.6) is 0 Å². The summed E-state index contributed by atoms with van der Waals surface area (Å²) in [7, 11) is -3.29. The topological polar surface area (TPSA) is 46.2 Å². The van der Waals surface area contributed by atoms with E-state index in [1.165, 1.54) is 6.42 Å². The summed E-state index contributed by atoms with van der Waals surface area (Å²) in [5.74, 6) is 0.910. The fourth-order valence-corrected chi connectivity index (χ4v) is 5.33. The van der Waals surface area contributed by atoms with E-state index < -0.39 is 15.6 Å². The van der Waals surface area contributed by atoms with Crippen molar-refractivity contribution in [1.29, 1.82) is 0 Å². The Balaban J connectivity index is 2.62. The lowest BCUT2D eigenvalue weighted by Crippen LogP contribution is -2.52. The van der Waals surface area contributed by atoms with E-state index >= 15 is 0 Å². The van der Waals surface area contributed by atoms with E-state index in [0.29, 0.717) is 6.42 Å². The first-order chi connectivity index (χ1) is 8.47. The summed E-state index contributed by atoms with van der Waals surface area (Å²) in [6, 6.07) is 0. The van der Waals surface area contributed by atoms with Crippen LogP contribution in [0.15, 0.2) is 0 Å². The van der Waals surface area contributed by atoms with Gasteiger partial charge < -0.3 is 0 Å². The van der Waals surface area contributed by atoms with Crippen molar-refractivity contribution in [3.05, 3.63) is 0 Å². The van der Waals surface area contributed by atoms with Gasteiger partial charge in [0.25, 0.3) is 0 Å². The van der Waals surface area contributed by atoms with E-state index in [4.69, 9.17) is 23.2 Å². The van der Waals surface area contributed by atoms with E-state index in [1.54, 1.807) is 0 Å². The molecule has 1 saturated carbocycles. The lowest BCUT2D eigenvalue weighted by molar-refractivity contribution is 0.379. The first-order valence-electron chi connectivity index (χ1n) is 6.60. The quantitative estimate of drug-likeness (QED) is 0.734. The Morgan fingerprint density at radius 3 is 2.17 bits per heavy atom. The standard InChI is InChI=1S/C12H23Cl2NO2S/c1-2-12(9-13,10-14)15-18(16,17)8-11-6-4-3-5-7-11/h11,15H,2-10H2,1H3. The van der Waals surface area contributed by atoms with Crippen LogP contribution in [0.1, 0.15) is 45.4 Å². The average molecular weight is 316 g/mol. The van der Waals surface area contributed by atoms with Gasteiger partial charge in [-0.1, -0.05) is 26.2 Å². The van der Waals surface area contributed by atoms with Crippen molar-refractivity contribution in [2.45, 2.75) is 51.0 Å². The molecule has 0 aromatic heterocycles. The maximum atomic E-state index is 12.2. The molecule has 0 aromatic rings. The zero-order valence-corrected chi connectivity index (χ0v) is 13.3. The minimum absolute atomic E-state index is 0.205. The Bertz CT molecular complexity index is 328. The highest BCUT2D eigenvalue weighted by molar-refractivity contribution is 7.89. The summed E-state index contributed by atoms with van der Waals surface area (Å²) in [6.45, 7) is 1.90. The van der Waals surface area contributed by atoms with Crippen LogP contribution < -0.4 is 4.72 Å². The maximum absolute atomic E-state index is 12.2. The van der Waals surface area contributed by atoms with E-state index in [1.807, 2.05) is 6.92 Å². The molecule has 1 aliphatic rings. The molecule has 3 nitrogen and oxygen atoms in total. The average Bonchev–Trinajstić information content (AvgIpc) is 2.37. The Morgan fingerprint density at radius 1 is 1.17 bits per heavy atom. The van der Waals surface area contributed by atoms with Crippen molar-refractivity contribution >= 4 is 33.2 Å².